The minimum atomic E-state index is -0.0819. The summed E-state index contributed by atoms with van der Waals surface area (Å²) < 4.78 is 0. The van der Waals surface area contributed by atoms with E-state index in [1.165, 1.54) is 25.7 Å². The molecule has 5 heteroatoms. The molecule has 0 radical (unpaired) electrons. The van der Waals surface area contributed by atoms with Gasteiger partial charge < -0.3 is 4.90 Å². The fourth-order valence-corrected chi connectivity index (χ4v) is 3.84. The Hall–Kier alpha value is -0.800. The first kappa shape index (κ1) is 14.2. The van der Waals surface area contributed by atoms with Gasteiger partial charge in [-0.1, -0.05) is 42.5 Å². The quantitative estimate of drug-likeness (QED) is 0.733. The van der Waals surface area contributed by atoms with Crippen LogP contribution < -0.4 is 0 Å². The summed E-state index contributed by atoms with van der Waals surface area (Å²) in [5.41, 5.74) is 0.286. The van der Waals surface area contributed by atoms with Crippen LogP contribution in [0.15, 0.2) is 12.1 Å². The standard InChI is InChI=1S/C15H18Cl2N2O/c16-12-5-6-13(17)18-14(12)15(20)19-8-7-10-3-1-2-4-11(10)9-19/h5-6,10-11H,1-4,7-9H2. The molecule has 1 aromatic heterocycles. The smallest absolute Gasteiger partial charge is 0.274 e. The normalized spacial score (nSPS) is 26.2. The Morgan fingerprint density at radius 3 is 2.70 bits per heavy atom. The maximum Gasteiger partial charge on any atom is 0.274 e. The zero-order chi connectivity index (χ0) is 14.1. The van der Waals surface area contributed by atoms with Crippen molar-refractivity contribution in [2.24, 2.45) is 11.8 Å². The summed E-state index contributed by atoms with van der Waals surface area (Å²) in [5, 5.41) is 0.690. The molecule has 0 bridgehead atoms. The van der Waals surface area contributed by atoms with E-state index in [0.717, 1.165) is 25.4 Å². The number of rotatable bonds is 1. The van der Waals surface area contributed by atoms with E-state index in [1.54, 1.807) is 12.1 Å². The molecule has 1 aliphatic carbocycles. The van der Waals surface area contributed by atoms with Gasteiger partial charge in [0, 0.05) is 13.1 Å². The van der Waals surface area contributed by atoms with Gasteiger partial charge in [0.05, 0.1) is 5.02 Å². The van der Waals surface area contributed by atoms with Gasteiger partial charge in [-0.25, -0.2) is 4.98 Å². The predicted octanol–water partition coefficient (Wildman–Crippen LogP) is 4.04. The number of aromatic nitrogens is 1. The summed E-state index contributed by atoms with van der Waals surface area (Å²) >= 11 is 11.9. The van der Waals surface area contributed by atoms with Crippen molar-refractivity contribution in [2.45, 2.75) is 32.1 Å². The van der Waals surface area contributed by atoms with Gasteiger partial charge in [0.15, 0.2) is 0 Å². The second kappa shape index (κ2) is 5.90. The van der Waals surface area contributed by atoms with E-state index in [9.17, 15) is 4.79 Å². The Bertz CT molecular complexity index is 521. The Labute approximate surface area is 129 Å². The lowest BCUT2D eigenvalue weighted by Gasteiger charge is -2.41. The lowest BCUT2D eigenvalue weighted by Crippen LogP contribution is -2.45. The zero-order valence-corrected chi connectivity index (χ0v) is 12.8. The average Bonchev–Trinajstić information content (AvgIpc) is 2.48. The number of hydrogen-bond donors (Lipinski definition) is 0. The third-order valence-corrected chi connectivity index (χ3v) is 5.11. The van der Waals surface area contributed by atoms with E-state index >= 15 is 0 Å². The van der Waals surface area contributed by atoms with Crippen molar-refractivity contribution in [1.29, 1.82) is 0 Å². The van der Waals surface area contributed by atoms with Crippen molar-refractivity contribution in [3.63, 3.8) is 0 Å². The molecule has 3 nitrogen and oxygen atoms in total. The highest BCUT2D eigenvalue weighted by atomic mass is 35.5. The summed E-state index contributed by atoms with van der Waals surface area (Å²) in [5.74, 6) is 1.37. The summed E-state index contributed by atoms with van der Waals surface area (Å²) in [7, 11) is 0. The van der Waals surface area contributed by atoms with Crippen LogP contribution in [0.3, 0.4) is 0 Å². The van der Waals surface area contributed by atoms with Crippen LogP contribution in [0.5, 0.6) is 0 Å². The van der Waals surface area contributed by atoms with Crippen molar-refractivity contribution < 1.29 is 4.79 Å². The van der Waals surface area contributed by atoms with Crippen LogP contribution in [0.4, 0.5) is 0 Å². The molecule has 3 rings (SSSR count). The number of likely N-dealkylation sites (tertiary alicyclic amines) is 1. The van der Waals surface area contributed by atoms with Gasteiger partial charge in [-0.2, -0.15) is 0 Å². The van der Waals surface area contributed by atoms with Crippen LogP contribution in [0.1, 0.15) is 42.6 Å². The predicted molar refractivity (Wildman–Crippen MR) is 80.2 cm³/mol. The minimum absolute atomic E-state index is 0.0819. The highest BCUT2D eigenvalue weighted by Gasteiger charge is 2.34. The number of pyridine rings is 1. The van der Waals surface area contributed by atoms with Crippen LogP contribution in [-0.2, 0) is 0 Å². The minimum Gasteiger partial charge on any atom is -0.337 e. The molecule has 0 spiro atoms. The largest absolute Gasteiger partial charge is 0.337 e. The molecule has 1 saturated carbocycles. The third kappa shape index (κ3) is 2.79. The number of amides is 1. The van der Waals surface area contributed by atoms with Crippen LogP contribution >= 0.6 is 23.2 Å². The lowest BCUT2D eigenvalue weighted by atomic mass is 9.75. The van der Waals surface area contributed by atoms with Crippen LogP contribution in [0.25, 0.3) is 0 Å². The van der Waals surface area contributed by atoms with Gasteiger partial charge >= 0.3 is 0 Å². The van der Waals surface area contributed by atoms with Crippen molar-refractivity contribution in [3.8, 4) is 0 Å². The molecule has 108 valence electrons. The molecule has 2 atom stereocenters. The monoisotopic (exact) mass is 312 g/mol. The first-order valence-corrected chi connectivity index (χ1v) is 8.02. The number of carbonyl (C=O) groups excluding carboxylic acids is 1. The number of carbonyl (C=O) groups is 1. The van der Waals surface area contributed by atoms with Crippen molar-refractivity contribution in [3.05, 3.63) is 28.0 Å². The van der Waals surface area contributed by atoms with E-state index in [0.29, 0.717) is 16.1 Å². The fourth-order valence-electron chi connectivity index (χ4n) is 3.50. The summed E-state index contributed by atoms with van der Waals surface area (Å²) in [4.78, 5) is 18.6. The number of fused-ring (bicyclic) bond motifs is 1. The van der Waals surface area contributed by atoms with E-state index < -0.39 is 0 Å². The van der Waals surface area contributed by atoms with Crippen LogP contribution in [-0.4, -0.2) is 28.9 Å². The maximum atomic E-state index is 12.6. The van der Waals surface area contributed by atoms with Crippen LogP contribution in [0, 0.1) is 11.8 Å². The van der Waals surface area contributed by atoms with Gasteiger partial charge in [-0.05, 0) is 36.8 Å². The lowest BCUT2D eigenvalue weighted by molar-refractivity contribution is 0.0515. The molecule has 2 fully saturated rings. The molecule has 1 amide bonds. The molecule has 20 heavy (non-hydrogen) atoms. The number of halogens is 2. The van der Waals surface area contributed by atoms with Crippen molar-refractivity contribution in [1.82, 2.24) is 9.88 Å². The van der Waals surface area contributed by atoms with Gasteiger partial charge in [0.2, 0.25) is 0 Å². The summed E-state index contributed by atoms with van der Waals surface area (Å²) in [6, 6.07) is 3.24. The molecule has 1 aromatic rings. The van der Waals surface area contributed by atoms with Gasteiger partial charge in [0.25, 0.3) is 5.91 Å². The van der Waals surface area contributed by atoms with Gasteiger partial charge in [0.1, 0.15) is 10.8 Å². The molecule has 2 aliphatic rings. The van der Waals surface area contributed by atoms with E-state index in [1.807, 2.05) is 4.90 Å². The molecule has 0 aromatic carbocycles. The molecule has 0 N–H and O–H groups in total. The SMILES string of the molecule is O=C(c1nc(Cl)ccc1Cl)N1CCC2CCCCC2C1. The Morgan fingerprint density at radius 2 is 1.90 bits per heavy atom. The second-order valence-corrected chi connectivity index (χ2v) is 6.60. The van der Waals surface area contributed by atoms with Gasteiger partial charge in [-0.3, -0.25) is 4.79 Å². The Morgan fingerprint density at radius 1 is 1.15 bits per heavy atom. The first-order chi connectivity index (χ1) is 9.65. The zero-order valence-electron chi connectivity index (χ0n) is 11.3. The maximum absolute atomic E-state index is 12.6. The summed E-state index contributed by atoms with van der Waals surface area (Å²) in [6.45, 7) is 1.65. The molecule has 2 heterocycles. The first-order valence-electron chi connectivity index (χ1n) is 7.26. The number of nitrogens with zero attached hydrogens (tertiary/aromatic N) is 2. The molecule has 1 aliphatic heterocycles. The van der Waals surface area contributed by atoms with E-state index in [2.05, 4.69) is 4.98 Å². The Balaban J connectivity index is 1.76. The average molecular weight is 313 g/mol. The highest BCUT2D eigenvalue weighted by Crippen LogP contribution is 2.36. The molecular formula is C15H18Cl2N2O. The van der Waals surface area contributed by atoms with E-state index in [-0.39, 0.29) is 11.6 Å². The number of hydrogen-bond acceptors (Lipinski definition) is 2. The third-order valence-electron chi connectivity index (χ3n) is 4.59. The van der Waals surface area contributed by atoms with Gasteiger partial charge in [-0.15, -0.1) is 0 Å². The highest BCUT2D eigenvalue weighted by molar-refractivity contribution is 6.34. The topological polar surface area (TPSA) is 33.2 Å². The number of piperidine rings is 1. The molecular weight excluding hydrogens is 295 g/mol. The van der Waals surface area contributed by atoms with Crippen LogP contribution in [0.2, 0.25) is 10.2 Å². The molecule has 2 unspecified atom stereocenters. The van der Waals surface area contributed by atoms with E-state index in [4.69, 9.17) is 23.2 Å². The second-order valence-electron chi connectivity index (χ2n) is 5.81. The summed E-state index contributed by atoms with van der Waals surface area (Å²) in [6.07, 6.45) is 6.30. The van der Waals surface area contributed by atoms with Crippen molar-refractivity contribution in [2.75, 3.05) is 13.1 Å². The molecule has 1 saturated heterocycles. The van der Waals surface area contributed by atoms with Crippen molar-refractivity contribution >= 4 is 29.1 Å². The Kier molecular flexibility index (Phi) is 4.18. The fraction of sp³-hybridized carbons (Fsp3) is 0.600.